The largest absolute Gasteiger partial charge is 0.301 e. The molecular weight excluding hydrogens is 444 g/mol. The molecule has 188 valence electrons. The first-order chi connectivity index (χ1) is 16.7. The van der Waals surface area contributed by atoms with Crippen LogP contribution in [0.1, 0.15) is 38.8 Å². The Labute approximate surface area is 208 Å². The number of benzene rings is 1. The highest BCUT2D eigenvalue weighted by Gasteiger charge is 2.17. The van der Waals surface area contributed by atoms with E-state index in [4.69, 9.17) is 0 Å². The number of piperazine rings is 1. The van der Waals surface area contributed by atoms with Gasteiger partial charge in [-0.15, -0.1) is 0 Å². The zero-order valence-corrected chi connectivity index (χ0v) is 21.6. The van der Waals surface area contributed by atoms with Gasteiger partial charge in [0, 0.05) is 44.0 Å². The van der Waals surface area contributed by atoms with Crippen LogP contribution in [-0.2, 0) is 0 Å². The van der Waals surface area contributed by atoms with Crippen LogP contribution in [0, 0.1) is 12.7 Å². The number of nitrogens with zero attached hydrogens (tertiary/aromatic N) is 5. The van der Waals surface area contributed by atoms with E-state index in [9.17, 15) is 8.78 Å². The first-order valence-electron chi connectivity index (χ1n) is 11.9. The minimum absolute atomic E-state index is 0.0597. The molecule has 5 nitrogen and oxygen atoms in total. The van der Waals surface area contributed by atoms with E-state index in [1.807, 2.05) is 13.0 Å². The molecule has 7 heteroatoms. The van der Waals surface area contributed by atoms with Crippen LogP contribution in [0.15, 0.2) is 75.2 Å². The third-order valence-electron chi connectivity index (χ3n) is 5.73. The number of hydrogen-bond donors (Lipinski definition) is 0. The highest BCUT2D eigenvalue weighted by atomic mass is 19.1. The van der Waals surface area contributed by atoms with Gasteiger partial charge in [0.15, 0.2) is 5.83 Å². The van der Waals surface area contributed by atoms with Crippen molar-refractivity contribution in [2.24, 2.45) is 15.0 Å². The average Bonchev–Trinajstić information content (AvgIpc) is 2.82. The van der Waals surface area contributed by atoms with E-state index in [1.54, 1.807) is 32.9 Å². The van der Waals surface area contributed by atoms with Crippen molar-refractivity contribution in [3.05, 3.63) is 77.2 Å². The lowest BCUT2D eigenvalue weighted by molar-refractivity contribution is 0.146. The van der Waals surface area contributed by atoms with Crippen LogP contribution < -0.4 is 0 Å². The monoisotopic (exact) mass is 481 g/mol. The van der Waals surface area contributed by atoms with Crippen LogP contribution in [0.5, 0.6) is 0 Å². The summed E-state index contributed by atoms with van der Waals surface area (Å²) in [7, 11) is 0. The number of rotatable bonds is 10. The first kappa shape index (κ1) is 28.2. The van der Waals surface area contributed by atoms with E-state index in [-0.39, 0.29) is 17.0 Å². The summed E-state index contributed by atoms with van der Waals surface area (Å²) in [5.41, 5.74) is 3.21. The van der Waals surface area contributed by atoms with Gasteiger partial charge in [-0.3, -0.25) is 14.9 Å². The molecule has 1 heterocycles. The molecule has 1 aromatic rings. The highest BCUT2D eigenvalue weighted by Crippen LogP contribution is 2.27. The zero-order valence-electron chi connectivity index (χ0n) is 21.6. The molecule has 1 aliphatic heterocycles. The van der Waals surface area contributed by atoms with Gasteiger partial charge in [-0.05, 0) is 70.3 Å². The summed E-state index contributed by atoms with van der Waals surface area (Å²) in [5.74, 6) is -1.27. The minimum Gasteiger partial charge on any atom is -0.301 e. The molecular formula is C28H37F2N5. The molecule has 1 saturated heterocycles. The molecule has 35 heavy (non-hydrogen) atoms. The molecule has 0 spiro atoms. The molecule has 0 unspecified atom stereocenters. The van der Waals surface area contributed by atoms with Gasteiger partial charge in [-0.2, -0.15) is 0 Å². The molecule has 0 atom stereocenters. The van der Waals surface area contributed by atoms with Gasteiger partial charge in [0.2, 0.25) is 0 Å². The third kappa shape index (κ3) is 8.60. The van der Waals surface area contributed by atoms with E-state index in [0.29, 0.717) is 11.3 Å². The van der Waals surface area contributed by atoms with Crippen molar-refractivity contribution in [1.29, 1.82) is 0 Å². The van der Waals surface area contributed by atoms with Crippen LogP contribution in [0.4, 0.5) is 14.5 Å². The van der Waals surface area contributed by atoms with Gasteiger partial charge in [0.05, 0.1) is 11.9 Å². The summed E-state index contributed by atoms with van der Waals surface area (Å²) < 4.78 is 29.7. The second-order valence-electron chi connectivity index (χ2n) is 8.70. The Bertz CT molecular complexity index is 1040. The molecule has 1 aromatic carbocycles. The fraction of sp³-hybridized carbons (Fsp3) is 0.393. The van der Waals surface area contributed by atoms with Crippen molar-refractivity contribution in [2.75, 3.05) is 39.3 Å². The molecule has 1 fully saturated rings. The van der Waals surface area contributed by atoms with E-state index in [1.165, 1.54) is 6.07 Å². The summed E-state index contributed by atoms with van der Waals surface area (Å²) in [6.45, 7) is 22.8. The quantitative estimate of drug-likeness (QED) is 0.295. The normalized spacial score (nSPS) is 16.6. The van der Waals surface area contributed by atoms with E-state index in [0.717, 1.165) is 56.8 Å². The van der Waals surface area contributed by atoms with Gasteiger partial charge in [-0.25, -0.2) is 13.8 Å². The summed E-state index contributed by atoms with van der Waals surface area (Å²) in [5, 5.41) is 0. The van der Waals surface area contributed by atoms with Crippen LogP contribution >= 0.6 is 0 Å². The summed E-state index contributed by atoms with van der Waals surface area (Å²) >= 11 is 0. The highest BCUT2D eigenvalue weighted by molar-refractivity contribution is 6.12. The second-order valence-corrected chi connectivity index (χ2v) is 8.70. The number of aryl methyl sites for hydroxylation is 1. The van der Waals surface area contributed by atoms with E-state index in [2.05, 4.69) is 51.1 Å². The topological polar surface area (TPSA) is 43.6 Å². The first-order valence-corrected chi connectivity index (χ1v) is 11.9. The Kier molecular flexibility index (Phi) is 11.1. The van der Waals surface area contributed by atoms with Gasteiger partial charge in [0.1, 0.15) is 17.2 Å². The number of likely N-dealkylation sites (N-methyl/N-ethyl adjacent to an activating group) is 1. The molecule has 0 saturated carbocycles. The zero-order chi connectivity index (χ0) is 26.0. The average molecular weight is 482 g/mol. The van der Waals surface area contributed by atoms with Crippen molar-refractivity contribution in [2.45, 2.75) is 34.6 Å². The molecule has 0 bridgehead atoms. The Morgan fingerprint density at radius 2 is 1.77 bits per heavy atom. The fourth-order valence-electron chi connectivity index (χ4n) is 3.78. The molecule has 0 amide bonds. The Balaban J connectivity index is 2.27. The van der Waals surface area contributed by atoms with Crippen molar-refractivity contribution >= 4 is 23.8 Å². The van der Waals surface area contributed by atoms with E-state index < -0.39 is 11.6 Å². The lowest BCUT2D eigenvalue weighted by atomic mass is 10.0. The third-order valence-corrected chi connectivity index (χ3v) is 5.73. The number of hydrogen-bond acceptors (Lipinski definition) is 5. The van der Waals surface area contributed by atoms with Crippen molar-refractivity contribution in [3.8, 4) is 0 Å². The fourth-order valence-corrected chi connectivity index (χ4v) is 3.78. The summed E-state index contributed by atoms with van der Waals surface area (Å²) in [6.07, 6.45) is 6.69. The van der Waals surface area contributed by atoms with Gasteiger partial charge >= 0.3 is 0 Å². The molecule has 0 aliphatic carbocycles. The van der Waals surface area contributed by atoms with Crippen molar-refractivity contribution in [1.82, 2.24) is 9.80 Å². The second kappa shape index (κ2) is 13.8. The SMILES string of the molecule is C=N/C=C(/F)C(=NC(=C)/C=C\C(=C/C)CN1CCN(CC)CC1)c1cc(C)c(N=C(C)C)c(F)c1. The number of halogens is 2. The predicted octanol–water partition coefficient (Wildman–Crippen LogP) is 6.20. The Morgan fingerprint density at radius 1 is 1.11 bits per heavy atom. The number of aliphatic imine (C=N–C) groups is 3. The summed E-state index contributed by atoms with van der Waals surface area (Å²) in [6, 6.07) is 2.89. The molecule has 1 aliphatic rings. The molecule has 0 N–H and O–H groups in total. The lowest BCUT2D eigenvalue weighted by Crippen LogP contribution is -2.46. The van der Waals surface area contributed by atoms with Gasteiger partial charge < -0.3 is 4.90 Å². The standard InChI is InChI=1S/C28H37F2N5/c1-8-23(19-35-14-12-34(9-2)13-15-35)11-10-22(6)33-28(26(30)18-31-7)24-16-21(5)27(25(29)17-24)32-20(3)4/h8,10-11,16-18H,6-7,9,12-15,19H2,1-5H3/b11-10-,23-8+,26-18+,33-28?. The number of allylic oxidation sites excluding steroid dienone is 3. The maximum atomic E-state index is 14.9. The van der Waals surface area contributed by atoms with Crippen molar-refractivity contribution < 1.29 is 8.78 Å². The van der Waals surface area contributed by atoms with Gasteiger partial charge in [-0.1, -0.05) is 25.7 Å². The minimum atomic E-state index is -0.726. The Morgan fingerprint density at radius 3 is 2.31 bits per heavy atom. The summed E-state index contributed by atoms with van der Waals surface area (Å²) in [4.78, 5) is 17.0. The Hall–Kier alpha value is -3.03. The maximum Gasteiger partial charge on any atom is 0.167 e. The molecule has 0 aromatic heterocycles. The molecule has 2 rings (SSSR count). The molecule has 0 radical (unpaired) electrons. The maximum absolute atomic E-state index is 14.9. The van der Waals surface area contributed by atoms with Gasteiger partial charge in [0.25, 0.3) is 0 Å². The predicted molar refractivity (Wildman–Crippen MR) is 145 cm³/mol. The van der Waals surface area contributed by atoms with Crippen LogP contribution in [-0.4, -0.2) is 67.2 Å². The smallest absolute Gasteiger partial charge is 0.167 e. The van der Waals surface area contributed by atoms with Crippen LogP contribution in [0.3, 0.4) is 0 Å². The lowest BCUT2D eigenvalue weighted by Gasteiger charge is -2.34. The van der Waals surface area contributed by atoms with Crippen LogP contribution in [0.2, 0.25) is 0 Å². The van der Waals surface area contributed by atoms with Crippen LogP contribution in [0.25, 0.3) is 0 Å². The van der Waals surface area contributed by atoms with Crippen molar-refractivity contribution in [3.63, 3.8) is 0 Å². The van der Waals surface area contributed by atoms with E-state index >= 15 is 0 Å².